The molecule has 0 saturated carbocycles. The number of fused-ring (bicyclic) bond motifs is 1. The zero-order valence-electron chi connectivity index (χ0n) is 15.1. The lowest BCUT2D eigenvalue weighted by atomic mass is 10.2. The van der Waals surface area contributed by atoms with Gasteiger partial charge in [-0.1, -0.05) is 6.07 Å². The van der Waals surface area contributed by atoms with E-state index in [1.165, 1.54) is 11.0 Å². The smallest absolute Gasteiger partial charge is 0.246 e. The van der Waals surface area contributed by atoms with Crippen LogP contribution >= 0.6 is 0 Å². The first kappa shape index (κ1) is 18.4. The molecule has 0 saturated heterocycles. The quantitative estimate of drug-likeness (QED) is 0.785. The summed E-state index contributed by atoms with van der Waals surface area (Å²) in [6.07, 6.45) is 6.45. The van der Waals surface area contributed by atoms with Crippen LogP contribution in [-0.2, 0) is 16.1 Å². The molecule has 140 valence electrons. The van der Waals surface area contributed by atoms with Crippen LogP contribution < -0.4 is 14.8 Å². The van der Waals surface area contributed by atoms with Crippen LogP contribution in [-0.4, -0.2) is 48.5 Å². The fourth-order valence-electron chi connectivity index (χ4n) is 2.51. The van der Waals surface area contributed by atoms with Crippen molar-refractivity contribution in [3.63, 3.8) is 0 Å². The maximum Gasteiger partial charge on any atom is 0.246 e. The molecule has 0 fully saturated rings. The van der Waals surface area contributed by atoms with Gasteiger partial charge in [-0.3, -0.25) is 14.6 Å². The van der Waals surface area contributed by atoms with E-state index in [9.17, 15) is 9.59 Å². The Labute approximate surface area is 157 Å². The SMILES string of the molecule is CN(CC(=O)NCc1ccncc1)C(=O)/C=C/c1ccc2c(c1)OCCO2. The van der Waals surface area contributed by atoms with Crippen molar-refractivity contribution in [2.45, 2.75) is 6.54 Å². The van der Waals surface area contributed by atoms with Crippen molar-refractivity contribution in [2.24, 2.45) is 0 Å². The number of likely N-dealkylation sites (N-methyl/N-ethyl adjacent to an activating group) is 1. The Morgan fingerprint density at radius 2 is 1.89 bits per heavy atom. The maximum absolute atomic E-state index is 12.2. The number of carbonyl (C=O) groups is 2. The predicted molar refractivity (Wildman–Crippen MR) is 100 cm³/mol. The second-order valence-electron chi connectivity index (χ2n) is 6.06. The van der Waals surface area contributed by atoms with Crippen molar-refractivity contribution in [1.29, 1.82) is 0 Å². The first-order valence-corrected chi connectivity index (χ1v) is 8.60. The number of benzene rings is 1. The first-order chi connectivity index (χ1) is 13.1. The molecule has 0 aliphatic carbocycles. The van der Waals surface area contributed by atoms with Crippen LogP contribution in [0.5, 0.6) is 11.5 Å². The topological polar surface area (TPSA) is 80.8 Å². The number of pyridine rings is 1. The van der Waals surface area contributed by atoms with Crippen LogP contribution in [0.15, 0.2) is 48.8 Å². The minimum Gasteiger partial charge on any atom is -0.486 e. The third-order valence-electron chi connectivity index (χ3n) is 3.98. The van der Waals surface area contributed by atoms with E-state index in [4.69, 9.17) is 9.47 Å². The number of carbonyl (C=O) groups excluding carboxylic acids is 2. The van der Waals surface area contributed by atoms with E-state index in [0.717, 1.165) is 11.1 Å². The average molecular weight is 367 g/mol. The van der Waals surface area contributed by atoms with Gasteiger partial charge in [0.25, 0.3) is 0 Å². The fourth-order valence-corrected chi connectivity index (χ4v) is 2.51. The normalized spacial score (nSPS) is 12.6. The lowest BCUT2D eigenvalue weighted by Crippen LogP contribution is -2.37. The number of aromatic nitrogens is 1. The monoisotopic (exact) mass is 367 g/mol. The maximum atomic E-state index is 12.2. The number of hydrogen-bond acceptors (Lipinski definition) is 5. The third-order valence-corrected chi connectivity index (χ3v) is 3.98. The molecule has 0 atom stereocenters. The molecule has 0 spiro atoms. The molecule has 1 N–H and O–H groups in total. The number of amides is 2. The molecule has 0 unspecified atom stereocenters. The van der Waals surface area contributed by atoms with Gasteiger partial charge in [0, 0.05) is 32.1 Å². The van der Waals surface area contributed by atoms with E-state index in [0.29, 0.717) is 31.3 Å². The predicted octanol–water partition coefficient (Wildman–Crippen LogP) is 1.64. The molecule has 1 aliphatic rings. The summed E-state index contributed by atoms with van der Waals surface area (Å²) in [6.45, 7) is 1.43. The Kier molecular flexibility index (Phi) is 6.04. The Bertz CT molecular complexity index is 836. The highest BCUT2D eigenvalue weighted by atomic mass is 16.6. The lowest BCUT2D eigenvalue weighted by molar-refractivity contribution is -0.131. The van der Waals surface area contributed by atoms with Gasteiger partial charge in [-0.2, -0.15) is 0 Å². The summed E-state index contributed by atoms with van der Waals surface area (Å²) < 4.78 is 11.0. The van der Waals surface area contributed by atoms with Gasteiger partial charge in [0.2, 0.25) is 11.8 Å². The summed E-state index contributed by atoms with van der Waals surface area (Å²) in [5.41, 5.74) is 1.77. The molecule has 1 aliphatic heterocycles. The molecule has 27 heavy (non-hydrogen) atoms. The van der Waals surface area contributed by atoms with E-state index >= 15 is 0 Å². The van der Waals surface area contributed by atoms with Crippen molar-refractivity contribution >= 4 is 17.9 Å². The summed E-state index contributed by atoms with van der Waals surface area (Å²) in [4.78, 5) is 29.5. The summed E-state index contributed by atoms with van der Waals surface area (Å²) in [6, 6.07) is 9.13. The van der Waals surface area contributed by atoms with E-state index in [1.54, 1.807) is 25.5 Å². The number of nitrogens with one attached hydrogen (secondary N) is 1. The second-order valence-corrected chi connectivity index (χ2v) is 6.06. The number of nitrogens with zero attached hydrogens (tertiary/aromatic N) is 2. The molecule has 7 nitrogen and oxygen atoms in total. The Hall–Kier alpha value is -3.35. The van der Waals surface area contributed by atoms with Crippen LogP contribution in [0.1, 0.15) is 11.1 Å². The largest absolute Gasteiger partial charge is 0.486 e. The lowest BCUT2D eigenvalue weighted by Gasteiger charge is -2.18. The zero-order valence-corrected chi connectivity index (χ0v) is 15.1. The summed E-state index contributed by atoms with van der Waals surface area (Å²) in [7, 11) is 1.59. The van der Waals surface area contributed by atoms with Crippen molar-refractivity contribution in [1.82, 2.24) is 15.2 Å². The van der Waals surface area contributed by atoms with Crippen molar-refractivity contribution in [3.8, 4) is 11.5 Å². The fraction of sp³-hybridized carbons (Fsp3) is 0.250. The van der Waals surface area contributed by atoms with Gasteiger partial charge >= 0.3 is 0 Å². The molecule has 2 amide bonds. The van der Waals surface area contributed by atoms with E-state index in [1.807, 2.05) is 30.3 Å². The van der Waals surface area contributed by atoms with Gasteiger partial charge in [-0.15, -0.1) is 0 Å². The van der Waals surface area contributed by atoms with Crippen LogP contribution in [0.4, 0.5) is 0 Å². The Morgan fingerprint density at radius 1 is 1.15 bits per heavy atom. The minimum atomic E-state index is -0.260. The van der Waals surface area contributed by atoms with E-state index < -0.39 is 0 Å². The van der Waals surface area contributed by atoms with Crippen LogP contribution in [0.25, 0.3) is 6.08 Å². The standard InChI is InChI=1S/C20H21N3O4/c1-23(14-19(24)22-13-16-6-8-21-9-7-16)20(25)5-3-15-2-4-17-18(12-15)27-11-10-26-17/h2-9,12H,10-11,13-14H2,1H3,(H,22,24)/b5-3+. The Morgan fingerprint density at radius 3 is 2.67 bits per heavy atom. The van der Waals surface area contributed by atoms with Crippen LogP contribution in [0.2, 0.25) is 0 Å². The molecule has 2 aromatic rings. The first-order valence-electron chi connectivity index (χ1n) is 8.60. The van der Waals surface area contributed by atoms with Gasteiger partial charge < -0.3 is 19.7 Å². The minimum absolute atomic E-state index is 0.0185. The highest BCUT2D eigenvalue weighted by Crippen LogP contribution is 2.31. The summed E-state index contributed by atoms with van der Waals surface area (Å²) in [5, 5.41) is 2.78. The molecule has 0 radical (unpaired) electrons. The number of hydrogen-bond donors (Lipinski definition) is 1. The molecular formula is C20H21N3O4. The number of rotatable bonds is 6. The molecule has 7 heteroatoms. The van der Waals surface area contributed by atoms with Gasteiger partial charge in [-0.05, 0) is 41.5 Å². The van der Waals surface area contributed by atoms with Crippen molar-refractivity contribution in [2.75, 3.05) is 26.8 Å². The highest BCUT2D eigenvalue weighted by Gasteiger charge is 2.12. The van der Waals surface area contributed by atoms with E-state index in [2.05, 4.69) is 10.3 Å². The third kappa shape index (κ3) is 5.31. The van der Waals surface area contributed by atoms with Crippen LogP contribution in [0.3, 0.4) is 0 Å². The highest BCUT2D eigenvalue weighted by molar-refractivity contribution is 5.94. The van der Waals surface area contributed by atoms with Gasteiger partial charge in [0.05, 0.1) is 6.54 Å². The summed E-state index contributed by atoms with van der Waals surface area (Å²) in [5.74, 6) is 0.881. The number of ether oxygens (including phenoxy) is 2. The van der Waals surface area contributed by atoms with Gasteiger partial charge in [0.15, 0.2) is 11.5 Å². The summed E-state index contributed by atoms with van der Waals surface area (Å²) >= 11 is 0. The van der Waals surface area contributed by atoms with Crippen molar-refractivity contribution in [3.05, 3.63) is 59.9 Å². The van der Waals surface area contributed by atoms with E-state index in [-0.39, 0.29) is 18.4 Å². The molecule has 2 heterocycles. The van der Waals surface area contributed by atoms with Crippen LogP contribution in [0, 0.1) is 0 Å². The zero-order chi connectivity index (χ0) is 19.1. The van der Waals surface area contributed by atoms with Gasteiger partial charge in [-0.25, -0.2) is 0 Å². The molecular weight excluding hydrogens is 346 g/mol. The van der Waals surface area contributed by atoms with Crippen molar-refractivity contribution < 1.29 is 19.1 Å². The molecule has 0 bridgehead atoms. The second kappa shape index (κ2) is 8.84. The van der Waals surface area contributed by atoms with Gasteiger partial charge in [0.1, 0.15) is 13.2 Å². The molecule has 1 aromatic heterocycles. The Balaban J connectivity index is 1.49. The average Bonchev–Trinajstić information content (AvgIpc) is 2.71. The molecule has 3 rings (SSSR count). The molecule has 1 aromatic carbocycles.